The lowest BCUT2D eigenvalue weighted by molar-refractivity contribution is 0.896. The van der Waals surface area contributed by atoms with Crippen molar-refractivity contribution in [2.45, 2.75) is 120 Å². The van der Waals surface area contributed by atoms with E-state index in [0.29, 0.717) is 0 Å². The van der Waals surface area contributed by atoms with Crippen molar-refractivity contribution in [1.82, 2.24) is 0 Å². The summed E-state index contributed by atoms with van der Waals surface area (Å²) in [4.78, 5) is 0. The lowest BCUT2D eigenvalue weighted by Crippen LogP contribution is -1.82. The quantitative estimate of drug-likeness (QED) is 0.175. The van der Waals surface area contributed by atoms with Gasteiger partial charge in [0.1, 0.15) is 0 Å². The van der Waals surface area contributed by atoms with E-state index in [1.165, 1.54) is 97.6 Å². The van der Waals surface area contributed by atoms with Crippen molar-refractivity contribution in [3.05, 3.63) is 69.9 Å². The first-order chi connectivity index (χ1) is 14.2. The minimum atomic E-state index is 0. The second kappa shape index (κ2) is 20.7. The van der Waals surface area contributed by atoms with Crippen LogP contribution in [-0.2, 0) is 0 Å². The van der Waals surface area contributed by atoms with Crippen LogP contribution in [-0.4, -0.2) is 0 Å². The van der Waals surface area contributed by atoms with Gasteiger partial charge in [0.25, 0.3) is 0 Å². The molecule has 1 heteroatoms. The zero-order valence-electron chi connectivity index (χ0n) is 21.9. The van der Waals surface area contributed by atoms with E-state index in [2.05, 4.69) is 91.8 Å². The van der Waals surface area contributed by atoms with Gasteiger partial charge in [-0.3, -0.25) is 0 Å². The maximum atomic E-state index is 2.43. The molecule has 0 saturated heterocycles. The van der Waals surface area contributed by atoms with E-state index >= 15 is 0 Å². The van der Waals surface area contributed by atoms with Crippen LogP contribution in [0.15, 0.2) is 69.9 Å². The summed E-state index contributed by atoms with van der Waals surface area (Å²) >= 11 is 0. The molecule has 0 heterocycles. The van der Waals surface area contributed by atoms with Crippen molar-refractivity contribution in [2.75, 3.05) is 0 Å². The second-order valence-corrected chi connectivity index (χ2v) is 9.50. The SMILES string of the molecule is CC(C)=CCC/C(C)=C/CC/C(C)=C/CC/C=C(\C)CC/C=C(\C)CCC=C(C)C.[S]. The van der Waals surface area contributed by atoms with Gasteiger partial charge in [0.05, 0.1) is 0 Å². The Morgan fingerprint density at radius 2 is 0.581 bits per heavy atom. The van der Waals surface area contributed by atoms with Gasteiger partial charge in [0.15, 0.2) is 0 Å². The first kappa shape index (κ1) is 32.0. The summed E-state index contributed by atoms with van der Waals surface area (Å²) in [5, 5.41) is 0. The molecule has 2 radical (unpaired) electrons. The Hall–Kier alpha value is -1.21. The highest BCUT2D eigenvalue weighted by molar-refractivity contribution is 7.59. The molecule has 0 spiro atoms. The fourth-order valence-corrected chi connectivity index (χ4v) is 3.34. The fraction of sp³-hybridized carbons (Fsp3) is 0.600. The summed E-state index contributed by atoms with van der Waals surface area (Å²) < 4.78 is 0. The van der Waals surface area contributed by atoms with Crippen molar-refractivity contribution in [1.29, 1.82) is 0 Å². The summed E-state index contributed by atoms with van der Waals surface area (Å²) in [6.45, 7) is 17.8. The number of hydrogen-bond acceptors (Lipinski definition) is 0. The van der Waals surface area contributed by atoms with Crippen molar-refractivity contribution >= 4 is 13.5 Å². The van der Waals surface area contributed by atoms with Crippen LogP contribution in [0, 0.1) is 0 Å². The van der Waals surface area contributed by atoms with Gasteiger partial charge in [-0.25, -0.2) is 0 Å². The molecule has 176 valence electrons. The predicted octanol–water partition coefficient (Wildman–Crippen LogP) is 11.3. The van der Waals surface area contributed by atoms with Crippen molar-refractivity contribution in [2.24, 2.45) is 0 Å². The lowest BCUT2D eigenvalue weighted by atomic mass is 10.0. The summed E-state index contributed by atoms with van der Waals surface area (Å²) in [5.41, 5.74) is 8.97. The monoisotopic (exact) mass is 442 g/mol. The second-order valence-electron chi connectivity index (χ2n) is 9.50. The Labute approximate surface area is 202 Å². The number of rotatable bonds is 15. The molecule has 0 atom stereocenters. The van der Waals surface area contributed by atoms with Crippen molar-refractivity contribution in [3.8, 4) is 0 Å². The van der Waals surface area contributed by atoms with Gasteiger partial charge in [-0.05, 0) is 120 Å². The highest BCUT2D eigenvalue weighted by Gasteiger charge is 1.94. The fourth-order valence-electron chi connectivity index (χ4n) is 3.34. The van der Waals surface area contributed by atoms with Gasteiger partial charge in [0, 0.05) is 13.5 Å². The van der Waals surface area contributed by atoms with Gasteiger partial charge in [-0.1, -0.05) is 69.9 Å². The molecule has 0 aromatic carbocycles. The smallest absolute Gasteiger partial charge is 0 e. The standard InChI is InChI=1S/C30H50.S/c1-25(2)15-11-19-29(7)23-13-21-27(5)17-9-10-18-28(6)22-14-24-30(8)20-12-16-26(3)4;/h15-18,23-24H,9-14,19-22H2,1-8H3;/b27-17+,28-18+,29-23+,30-24+;. The molecule has 0 fully saturated rings. The van der Waals surface area contributed by atoms with E-state index in [1.54, 1.807) is 0 Å². The molecule has 0 aliphatic carbocycles. The summed E-state index contributed by atoms with van der Waals surface area (Å²) in [6, 6.07) is 0. The highest BCUT2D eigenvalue weighted by atomic mass is 32.1. The first-order valence-corrected chi connectivity index (χ1v) is 12.1. The summed E-state index contributed by atoms with van der Waals surface area (Å²) in [6.07, 6.45) is 26.2. The van der Waals surface area contributed by atoms with Crippen LogP contribution in [0.1, 0.15) is 120 Å². The molecular formula is C30H50S. The molecular weight excluding hydrogens is 392 g/mol. The van der Waals surface area contributed by atoms with E-state index in [1.807, 2.05) is 0 Å². The Balaban J connectivity index is 0. The molecule has 0 N–H and O–H groups in total. The molecule has 0 rings (SSSR count). The largest absolute Gasteiger partial charge is 0.0856 e. The van der Waals surface area contributed by atoms with Gasteiger partial charge < -0.3 is 0 Å². The van der Waals surface area contributed by atoms with E-state index in [-0.39, 0.29) is 13.5 Å². The minimum absolute atomic E-state index is 0. The molecule has 0 amide bonds. The van der Waals surface area contributed by atoms with Gasteiger partial charge in [-0.15, -0.1) is 0 Å². The zero-order valence-corrected chi connectivity index (χ0v) is 22.8. The Morgan fingerprint density at radius 3 is 0.839 bits per heavy atom. The average molecular weight is 443 g/mol. The molecule has 0 aromatic heterocycles. The maximum absolute atomic E-state index is 2.43. The molecule has 0 nitrogen and oxygen atoms in total. The van der Waals surface area contributed by atoms with E-state index < -0.39 is 0 Å². The number of hydrogen-bond donors (Lipinski definition) is 0. The molecule has 0 saturated carbocycles. The van der Waals surface area contributed by atoms with Gasteiger partial charge in [0.2, 0.25) is 0 Å². The third-order valence-electron chi connectivity index (χ3n) is 5.40. The molecule has 0 aliphatic rings. The van der Waals surface area contributed by atoms with Crippen LogP contribution < -0.4 is 0 Å². The number of unbranched alkanes of at least 4 members (excludes halogenated alkanes) is 1. The number of allylic oxidation sites excluding steroid dienone is 12. The highest BCUT2D eigenvalue weighted by Crippen LogP contribution is 2.14. The molecule has 0 aromatic rings. The predicted molar refractivity (Wildman–Crippen MR) is 148 cm³/mol. The van der Waals surface area contributed by atoms with Gasteiger partial charge >= 0.3 is 0 Å². The van der Waals surface area contributed by atoms with Crippen LogP contribution in [0.3, 0.4) is 0 Å². The minimum Gasteiger partial charge on any atom is -0.0856 e. The Bertz CT molecular complexity index is 584. The van der Waals surface area contributed by atoms with Crippen LogP contribution in [0.4, 0.5) is 0 Å². The molecule has 0 aliphatic heterocycles. The van der Waals surface area contributed by atoms with E-state index in [0.717, 1.165) is 0 Å². The third kappa shape index (κ3) is 23.3. The van der Waals surface area contributed by atoms with E-state index in [4.69, 9.17) is 0 Å². The summed E-state index contributed by atoms with van der Waals surface area (Å²) in [5.74, 6) is 0. The zero-order chi connectivity index (χ0) is 22.8. The van der Waals surface area contributed by atoms with Crippen LogP contribution >= 0.6 is 13.5 Å². The summed E-state index contributed by atoms with van der Waals surface area (Å²) in [7, 11) is 0. The van der Waals surface area contributed by atoms with Crippen molar-refractivity contribution < 1.29 is 0 Å². The third-order valence-corrected chi connectivity index (χ3v) is 5.40. The van der Waals surface area contributed by atoms with Gasteiger partial charge in [-0.2, -0.15) is 0 Å². The lowest BCUT2D eigenvalue weighted by Gasteiger charge is -2.02. The average Bonchev–Trinajstić information content (AvgIpc) is 2.64. The Kier molecular flexibility index (Phi) is 21.3. The van der Waals surface area contributed by atoms with Crippen LogP contribution in [0.5, 0.6) is 0 Å². The normalized spacial score (nSPS) is 13.0. The maximum Gasteiger partial charge on any atom is 0 e. The van der Waals surface area contributed by atoms with Crippen LogP contribution in [0.2, 0.25) is 0 Å². The van der Waals surface area contributed by atoms with Crippen LogP contribution in [0.25, 0.3) is 0 Å². The first-order valence-electron chi connectivity index (χ1n) is 12.1. The molecule has 0 unspecified atom stereocenters. The topological polar surface area (TPSA) is 0 Å². The van der Waals surface area contributed by atoms with Crippen molar-refractivity contribution in [3.63, 3.8) is 0 Å². The molecule has 0 bridgehead atoms. The van der Waals surface area contributed by atoms with E-state index in [9.17, 15) is 0 Å². The molecule has 31 heavy (non-hydrogen) atoms. The Morgan fingerprint density at radius 1 is 0.355 bits per heavy atom.